The minimum atomic E-state index is -0.388. The first-order valence-corrected chi connectivity index (χ1v) is 12.5. The van der Waals surface area contributed by atoms with Crippen LogP contribution in [0.3, 0.4) is 0 Å². The summed E-state index contributed by atoms with van der Waals surface area (Å²) in [6.07, 6.45) is 1.86. The Kier molecular flexibility index (Phi) is 5.56. The topological polar surface area (TPSA) is 75.7 Å². The number of hydrogen-bond donors (Lipinski definition) is 1. The van der Waals surface area contributed by atoms with Crippen molar-refractivity contribution in [1.29, 1.82) is 0 Å². The first-order valence-electron chi connectivity index (χ1n) is 12.1. The second-order valence-corrected chi connectivity index (χ2v) is 10.3. The highest BCUT2D eigenvalue weighted by Crippen LogP contribution is 2.61. The molecule has 1 aliphatic heterocycles. The van der Waals surface area contributed by atoms with Gasteiger partial charge in [0.2, 0.25) is 11.8 Å². The summed E-state index contributed by atoms with van der Waals surface area (Å²) in [7, 11) is 1.51. The molecule has 182 valence electrons. The number of rotatable bonds is 5. The average molecular weight is 501 g/mol. The number of hydrogen-bond acceptors (Lipinski definition) is 4. The number of ether oxygens (including phenoxy) is 1. The number of nitrogens with zero attached hydrogens (tertiary/aromatic N) is 1. The van der Waals surface area contributed by atoms with Crippen LogP contribution in [0.4, 0.5) is 11.4 Å². The number of benzene rings is 3. The molecule has 3 aliphatic rings. The molecule has 36 heavy (non-hydrogen) atoms. The predicted molar refractivity (Wildman–Crippen MR) is 137 cm³/mol. The molecule has 2 saturated carbocycles. The van der Waals surface area contributed by atoms with Gasteiger partial charge in [-0.15, -0.1) is 0 Å². The summed E-state index contributed by atoms with van der Waals surface area (Å²) in [5.74, 6) is -0.0698. The second-order valence-electron chi connectivity index (χ2n) is 9.83. The normalized spacial score (nSPS) is 26.3. The molecular weight excluding hydrogens is 476 g/mol. The van der Waals surface area contributed by atoms with Crippen molar-refractivity contribution >= 4 is 40.7 Å². The summed E-state index contributed by atoms with van der Waals surface area (Å²) in [5, 5.41) is 3.27. The van der Waals surface area contributed by atoms with E-state index in [1.54, 1.807) is 42.5 Å². The fraction of sp³-hybridized carbons (Fsp3) is 0.276. The van der Waals surface area contributed by atoms with Crippen LogP contribution >= 0.6 is 11.6 Å². The summed E-state index contributed by atoms with van der Waals surface area (Å²) >= 11 is 6.08. The molecule has 3 fully saturated rings. The SMILES string of the molecule is COc1ccc(Cl)cc1NC(=O)c1cccc(N2C(=O)[C@@H]3[C@@H]4C[C@@H]([C@@H]3C2=O)[C@@H](c2ccccc2)C4)c1. The standard InChI is InChI=1S/C29H25ClN2O4/c1-36-24-11-10-19(30)15-23(24)31-27(33)17-8-5-9-20(12-17)32-28(34)25-18-13-21(16-6-3-2-4-7-16)22(14-18)26(25)29(32)35/h2-12,15,18,21-22,25-26H,13-14H2,1H3,(H,31,33)/t18-,21+,22+,25+,26-/m0/s1. The van der Waals surface area contributed by atoms with Crippen molar-refractivity contribution in [2.75, 3.05) is 17.3 Å². The number of fused-ring (bicyclic) bond motifs is 5. The Labute approximate surface area is 214 Å². The van der Waals surface area contributed by atoms with Gasteiger partial charge in [0.25, 0.3) is 5.91 Å². The maximum atomic E-state index is 13.6. The smallest absolute Gasteiger partial charge is 0.255 e. The van der Waals surface area contributed by atoms with Gasteiger partial charge < -0.3 is 10.1 Å². The minimum Gasteiger partial charge on any atom is -0.495 e. The van der Waals surface area contributed by atoms with E-state index < -0.39 is 0 Å². The fourth-order valence-electron chi connectivity index (χ4n) is 6.56. The van der Waals surface area contributed by atoms with Gasteiger partial charge in [-0.1, -0.05) is 48.0 Å². The summed E-state index contributed by atoms with van der Waals surface area (Å²) in [5.41, 5.74) is 2.45. The molecular formula is C29H25ClN2O4. The summed E-state index contributed by atoms with van der Waals surface area (Å²) in [6, 6.07) is 21.9. The third-order valence-corrected chi connectivity index (χ3v) is 8.25. The average Bonchev–Trinajstić information content (AvgIpc) is 3.56. The first-order chi connectivity index (χ1) is 17.5. The molecule has 1 heterocycles. The van der Waals surface area contributed by atoms with Crippen LogP contribution in [0.15, 0.2) is 72.8 Å². The molecule has 2 bridgehead atoms. The van der Waals surface area contributed by atoms with Crippen LogP contribution < -0.4 is 15.0 Å². The van der Waals surface area contributed by atoms with E-state index in [2.05, 4.69) is 17.4 Å². The molecule has 3 amide bonds. The number of carbonyl (C=O) groups is 3. The second kappa shape index (κ2) is 8.79. The van der Waals surface area contributed by atoms with Gasteiger partial charge in [0.1, 0.15) is 5.75 Å². The maximum Gasteiger partial charge on any atom is 0.255 e. The highest BCUT2D eigenvalue weighted by Gasteiger charge is 2.64. The fourth-order valence-corrected chi connectivity index (χ4v) is 6.73. The number of carbonyl (C=O) groups excluding carboxylic acids is 3. The molecule has 0 radical (unpaired) electrons. The van der Waals surface area contributed by atoms with Crippen LogP contribution in [-0.2, 0) is 9.59 Å². The van der Waals surface area contributed by atoms with E-state index in [4.69, 9.17) is 16.3 Å². The monoisotopic (exact) mass is 500 g/mol. The van der Waals surface area contributed by atoms with Gasteiger partial charge in [-0.3, -0.25) is 19.3 Å². The zero-order valence-electron chi connectivity index (χ0n) is 19.7. The van der Waals surface area contributed by atoms with Gasteiger partial charge in [0.15, 0.2) is 0 Å². The molecule has 6 rings (SSSR count). The van der Waals surface area contributed by atoms with Crippen LogP contribution in [0.5, 0.6) is 5.75 Å². The summed E-state index contributed by atoms with van der Waals surface area (Å²) in [4.78, 5) is 41.5. The van der Waals surface area contributed by atoms with Crippen LogP contribution in [-0.4, -0.2) is 24.8 Å². The Morgan fingerprint density at radius 3 is 2.50 bits per heavy atom. The Hall–Kier alpha value is -3.64. The zero-order valence-corrected chi connectivity index (χ0v) is 20.4. The Morgan fingerprint density at radius 1 is 0.944 bits per heavy atom. The van der Waals surface area contributed by atoms with E-state index in [-0.39, 0.29) is 41.4 Å². The molecule has 3 aromatic rings. The van der Waals surface area contributed by atoms with Crippen LogP contribution in [0.1, 0.15) is 34.7 Å². The van der Waals surface area contributed by atoms with E-state index >= 15 is 0 Å². The largest absolute Gasteiger partial charge is 0.495 e. The van der Waals surface area contributed by atoms with Gasteiger partial charge in [-0.2, -0.15) is 0 Å². The highest BCUT2D eigenvalue weighted by atomic mass is 35.5. The van der Waals surface area contributed by atoms with E-state index in [1.165, 1.54) is 17.6 Å². The lowest BCUT2D eigenvalue weighted by atomic mass is 9.73. The minimum absolute atomic E-state index is 0.141. The first kappa shape index (κ1) is 22.8. The lowest BCUT2D eigenvalue weighted by Crippen LogP contribution is -2.33. The third kappa shape index (κ3) is 3.59. The van der Waals surface area contributed by atoms with Crippen molar-refractivity contribution in [2.24, 2.45) is 23.7 Å². The van der Waals surface area contributed by atoms with Crippen molar-refractivity contribution in [2.45, 2.75) is 18.8 Å². The number of halogens is 1. The molecule has 0 spiro atoms. The van der Waals surface area contributed by atoms with Gasteiger partial charge in [0, 0.05) is 10.6 Å². The van der Waals surface area contributed by atoms with Crippen LogP contribution in [0.2, 0.25) is 5.02 Å². The number of nitrogens with one attached hydrogen (secondary N) is 1. The lowest BCUT2D eigenvalue weighted by Gasteiger charge is -2.28. The summed E-state index contributed by atoms with van der Waals surface area (Å²) < 4.78 is 5.31. The van der Waals surface area contributed by atoms with Gasteiger partial charge in [-0.05, 0) is 72.6 Å². The number of anilines is 2. The van der Waals surface area contributed by atoms with Gasteiger partial charge >= 0.3 is 0 Å². The quantitative estimate of drug-likeness (QED) is 0.467. The van der Waals surface area contributed by atoms with Crippen molar-refractivity contribution in [3.05, 3.63) is 88.9 Å². The highest BCUT2D eigenvalue weighted by molar-refractivity contribution is 6.31. The molecule has 5 atom stereocenters. The van der Waals surface area contributed by atoms with Crippen molar-refractivity contribution < 1.29 is 19.1 Å². The van der Waals surface area contributed by atoms with E-state index in [9.17, 15) is 14.4 Å². The number of imide groups is 1. The molecule has 7 heteroatoms. The molecule has 1 N–H and O–H groups in total. The van der Waals surface area contributed by atoms with E-state index in [0.717, 1.165) is 12.8 Å². The zero-order chi connectivity index (χ0) is 25.0. The molecule has 0 aromatic heterocycles. The third-order valence-electron chi connectivity index (χ3n) is 8.02. The predicted octanol–water partition coefficient (Wildman–Crippen LogP) is 5.53. The number of amides is 3. The van der Waals surface area contributed by atoms with Crippen LogP contribution in [0.25, 0.3) is 0 Å². The van der Waals surface area contributed by atoms with Crippen LogP contribution in [0, 0.1) is 23.7 Å². The Bertz CT molecular complexity index is 1370. The molecule has 3 aromatic carbocycles. The van der Waals surface area contributed by atoms with E-state index in [1.807, 2.05) is 18.2 Å². The lowest BCUT2D eigenvalue weighted by molar-refractivity contribution is -0.123. The molecule has 1 saturated heterocycles. The van der Waals surface area contributed by atoms with Crippen molar-refractivity contribution in [1.82, 2.24) is 0 Å². The Balaban J connectivity index is 1.26. The molecule has 0 unspecified atom stereocenters. The van der Waals surface area contributed by atoms with Crippen molar-refractivity contribution in [3.8, 4) is 5.75 Å². The Morgan fingerprint density at radius 2 is 1.72 bits per heavy atom. The van der Waals surface area contributed by atoms with E-state index in [0.29, 0.717) is 33.6 Å². The molecule has 2 aliphatic carbocycles. The number of methoxy groups -OCH3 is 1. The van der Waals surface area contributed by atoms with Gasteiger partial charge in [0.05, 0.1) is 30.3 Å². The van der Waals surface area contributed by atoms with Crippen molar-refractivity contribution in [3.63, 3.8) is 0 Å². The summed E-state index contributed by atoms with van der Waals surface area (Å²) in [6.45, 7) is 0. The maximum absolute atomic E-state index is 13.6. The molecule has 6 nitrogen and oxygen atoms in total. The van der Waals surface area contributed by atoms with Gasteiger partial charge in [-0.25, -0.2) is 0 Å².